The summed E-state index contributed by atoms with van der Waals surface area (Å²) in [6.45, 7) is 5.35. The highest BCUT2D eigenvalue weighted by Crippen LogP contribution is 2.32. The number of rotatable bonds is 6. The first-order valence-corrected chi connectivity index (χ1v) is 8.63. The minimum Gasteiger partial charge on any atom is -0.464 e. The van der Waals surface area contributed by atoms with Crippen LogP contribution in [-0.2, 0) is 33.3 Å². The zero-order valence-corrected chi connectivity index (χ0v) is 15.7. The van der Waals surface area contributed by atoms with Gasteiger partial charge in [-0.3, -0.25) is 14.4 Å². The highest BCUT2D eigenvalue weighted by molar-refractivity contribution is 5.67. The Labute approximate surface area is 157 Å². The molecule has 5 atom stereocenters. The van der Waals surface area contributed by atoms with Gasteiger partial charge in [-0.25, -0.2) is 0 Å². The lowest BCUT2D eigenvalue weighted by molar-refractivity contribution is -0.267. The van der Waals surface area contributed by atoms with Crippen LogP contribution in [0.4, 0.5) is 0 Å². The van der Waals surface area contributed by atoms with Crippen LogP contribution in [0.2, 0.25) is 0 Å². The molecule has 148 valence electrons. The summed E-state index contributed by atoms with van der Waals surface area (Å²) < 4.78 is 27.6. The van der Waals surface area contributed by atoms with Crippen LogP contribution in [0.3, 0.4) is 0 Å². The third-order valence-corrected chi connectivity index (χ3v) is 4.00. The van der Waals surface area contributed by atoms with Crippen molar-refractivity contribution in [3.63, 3.8) is 0 Å². The Balaban J connectivity index is 2.27. The van der Waals surface area contributed by atoms with Crippen molar-refractivity contribution in [2.45, 2.75) is 52.3 Å². The largest absolute Gasteiger partial charge is 0.464 e. The van der Waals surface area contributed by atoms with Crippen molar-refractivity contribution in [2.75, 3.05) is 6.61 Å². The fraction of sp³-hybridized carbons (Fsp3) is 0.526. The zero-order valence-electron chi connectivity index (χ0n) is 15.7. The number of esters is 3. The van der Waals surface area contributed by atoms with Crippen LogP contribution in [0.1, 0.15) is 27.7 Å². The Hall–Kier alpha value is -2.61. The number of hydrogen-bond donors (Lipinski definition) is 0. The summed E-state index contributed by atoms with van der Waals surface area (Å²) in [5.74, 6) is -1.50. The minimum absolute atomic E-state index is 0.174. The van der Waals surface area contributed by atoms with Crippen molar-refractivity contribution in [1.29, 1.82) is 0 Å². The summed E-state index contributed by atoms with van der Waals surface area (Å²) >= 11 is 0. The van der Waals surface area contributed by atoms with E-state index in [1.54, 1.807) is 19.1 Å². The zero-order chi connectivity index (χ0) is 20.0. The standard InChI is InChI=1S/C19H24O8/c1-11-17(24-13(3)21)18(25-14(4)22)16(10-23-12(2)20)27-19(11)26-15-8-6-5-7-9-15/h5-9,11,16-19H,10H2,1-4H3/t11?,16?,17?,18-,19+/m1/s1. The van der Waals surface area contributed by atoms with E-state index in [2.05, 4.69) is 0 Å². The summed E-state index contributed by atoms with van der Waals surface area (Å²) in [6.07, 6.45) is -3.41. The Morgan fingerprint density at radius 1 is 0.926 bits per heavy atom. The third-order valence-electron chi connectivity index (χ3n) is 4.00. The molecule has 1 aromatic carbocycles. The molecule has 0 radical (unpaired) electrons. The van der Waals surface area contributed by atoms with Crippen LogP contribution in [0.25, 0.3) is 0 Å². The van der Waals surface area contributed by atoms with Crippen LogP contribution >= 0.6 is 0 Å². The van der Waals surface area contributed by atoms with Crippen molar-refractivity contribution in [3.05, 3.63) is 30.3 Å². The number of carbonyl (C=O) groups excluding carboxylic acids is 3. The fourth-order valence-corrected chi connectivity index (χ4v) is 2.84. The lowest BCUT2D eigenvalue weighted by atomic mass is 9.92. The first kappa shape index (κ1) is 20.7. The van der Waals surface area contributed by atoms with E-state index < -0.39 is 48.4 Å². The normalized spacial score (nSPS) is 27.3. The van der Waals surface area contributed by atoms with E-state index in [0.29, 0.717) is 5.75 Å². The van der Waals surface area contributed by atoms with Gasteiger partial charge in [-0.05, 0) is 12.1 Å². The van der Waals surface area contributed by atoms with Crippen LogP contribution in [0.15, 0.2) is 30.3 Å². The van der Waals surface area contributed by atoms with Crippen LogP contribution in [-0.4, -0.2) is 49.1 Å². The Bertz CT molecular complexity index is 659. The lowest BCUT2D eigenvalue weighted by Gasteiger charge is -2.43. The molecule has 1 aliphatic heterocycles. The molecule has 0 aromatic heterocycles. The summed E-state index contributed by atoms with van der Waals surface area (Å²) in [4.78, 5) is 34.4. The second kappa shape index (κ2) is 9.36. The fourth-order valence-electron chi connectivity index (χ4n) is 2.84. The molecule has 8 nitrogen and oxygen atoms in total. The molecule has 0 N–H and O–H groups in total. The van der Waals surface area contributed by atoms with E-state index in [1.165, 1.54) is 20.8 Å². The maximum atomic E-state index is 11.6. The summed E-state index contributed by atoms with van der Waals surface area (Å²) in [5.41, 5.74) is 0. The molecule has 2 rings (SSSR count). The SMILES string of the molecule is CC(=O)OCC1O[C@H](Oc2ccccc2)C(C)C(OC(C)=O)[C@@H]1OC(C)=O. The molecular weight excluding hydrogens is 356 g/mol. The predicted molar refractivity (Wildman–Crippen MR) is 92.6 cm³/mol. The number of hydrogen-bond acceptors (Lipinski definition) is 8. The van der Waals surface area contributed by atoms with E-state index in [9.17, 15) is 14.4 Å². The van der Waals surface area contributed by atoms with Crippen LogP contribution in [0.5, 0.6) is 5.75 Å². The molecular formula is C19H24O8. The first-order valence-electron chi connectivity index (χ1n) is 8.63. The highest BCUT2D eigenvalue weighted by atomic mass is 16.7. The van der Waals surface area contributed by atoms with Crippen LogP contribution in [0, 0.1) is 5.92 Å². The molecule has 1 aromatic rings. The quantitative estimate of drug-likeness (QED) is 0.545. The third kappa shape index (κ3) is 5.96. The molecule has 8 heteroatoms. The van der Waals surface area contributed by atoms with Gasteiger partial charge in [0.25, 0.3) is 0 Å². The van der Waals surface area contributed by atoms with Crippen LogP contribution < -0.4 is 4.74 Å². The van der Waals surface area contributed by atoms with Gasteiger partial charge in [0, 0.05) is 20.8 Å². The van der Waals surface area contributed by atoms with E-state index >= 15 is 0 Å². The van der Waals surface area contributed by atoms with Gasteiger partial charge in [0.2, 0.25) is 6.29 Å². The minimum atomic E-state index is -0.934. The van der Waals surface area contributed by atoms with Crippen molar-refractivity contribution in [2.24, 2.45) is 5.92 Å². The molecule has 1 saturated heterocycles. The van der Waals surface area contributed by atoms with E-state index in [1.807, 2.05) is 18.2 Å². The van der Waals surface area contributed by atoms with Gasteiger partial charge in [0.1, 0.15) is 24.6 Å². The molecule has 0 spiro atoms. The van der Waals surface area contributed by atoms with E-state index in [4.69, 9.17) is 23.7 Å². The lowest BCUT2D eigenvalue weighted by Crippen LogP contribution is -2.59. The van der Waals surface area contributed by atoms with Gasteiger partial charge >= 0.3 is 17.9 Å². The van der Waals surface area contributed by atoms with Gasteiger partial charge in [0.15, 0.2) is 6.10 Å². The van der Waals surface area contributed by atoms with Crippen molar-refractivity contribution >= 4 is 17.9 Å². The van der Waals surface area contributed by atoms with E-state index in [0.717, 1.165) is 0 Å². The predicted octanol–water partition coefficient (Wildman–Crippen LogP) is 1.85. The monoisotopic (exact) mass is 380 g/mol. The summed E-state index contributed by atoms with van der Waals surface area (Å²) in [7, 11) is 0. The molecule has 3 unspecified atom stereocenters. The van der Waals surface area contributed by atoms with Gasteiger partial charge in [-0.1, -0.05) is 25.1 Å². The smallest absolute Gasteiger partial charge is 0.303 e. The summed E-state index contributed by atoms with van der Waals surface area (Å²) in [5, 5.41) is 0. The maximum absolute atomic E-state index is 11.6. The molecule has 1 aliphatic rings. The number of carbonyl (C=O) groups is 3. The molecule has 0 amide bonds. The van der Waals surface area contributed by atoms with Gasteiger partial charge in [-0.15, -0.1) is 0 Å². The van der Waals surface area contributed by atoms with Gasteiger partial charge in [-0.2, -0.15) is 0 Å². The highest BCUT2D eigenvalue weighted by Gasteiger charge is 2.49. The van der Waals surface area contributed by atoms with E-state index in [-0.39, 0.29) is 6.61 Å². The molecule has 27 heavy (non-hydrogen) atoms. The topological polar surface area (TPSA) is 97.4 Å². The molecule has 0 bridgehead atoms. The molecule has 0 saturated carbocycles. The Morgan fingerprint density at radius 3 is 2.07 bits per heavy atom. The number of benzene rings is 1. The average molecular weight is 380 g/mol. The maximum Gasteiger partial charge on any atom is 0.303 e. The Morgan fingerprint density at radius 2 is 1.52 bits per heavy atom. The number of ether oxygens (including phenoxy) is 5. The molecule has 1 heterocycles. The average Bonchev–Trinajstić information content (AvgIpc) is 2.59. The van der Waals surface area contributed by atoms with Crippen molar-refractivity contribution < 1.29 is 38.1 Å². The van der Waals surface area contributed by atoms with Gasteiger partial charge < -0.3 is 23.7 Å². The number of para-hydroxylation sites is 1. The Kier molecular flexibility index (Phi) is 7.18. The van der Waals surface area contributed by atoms with Gasteiger partial charge in [0.05, 0.1) is 5.92 Å². The van der Waals surface area contributed by atoms with Crippen molar-refractivity contribution in [1.82, 2.24) is 0 Å². The first-order chi connectivity index (χ1) is 12.8. The molecule has 1 fully saturated rings. The second-order valence-electron chi connectivity index (χ2n) is 6.28. The van der Waals surface area contributed by atoms with Crippen molar-refractivity contribution in [3.8, 4) is 5.75 Å². The second-order valence-corrected chi connectivity index (χ2v) is 6.28. The summed E-state index contributed by atoms with van der Waals surface area (Å²) in [6, 6.07) is 8.99. The molecule has 0 aliphatic carbocycles.